The molecule has 0 aliphatic rings. The van der Waals surface area contributed by atoms with Gasteiger partial charge in [0.25, 0.3) is 0 Å². The van der Waals surface area contributed by atoms with Gasteiger partial charge in [0, 0.05) is 12.6 Å². The van der Waals surface area contributed by atoms with E-state index in [9.17, 15) is 4.79 Å². The number of benzene rings is 1. The summed E-state index contributed by atoms with van der Waals surface area (Å²) in [6, 6.07) is 8.11. The average molecular weight is 295 g/mol. The van der Waals surface area contributed by atoms with Crippen molar-refractivity contribution in [3.05, 3.63) is 24.3 Å². The molecule has 6 heteroatoms. The molecule has 0 saturated heterocycles. The molecule has 1 aromatic carbocycles. The van der Waals surface area contributed by atoms with Gasteiger partial charge in [-0.05, 0) is 25.5 Å². The summed E-state index contributed by atoms with van der Waals surface area (Å²) in [7, 11) is 0. The number of hydrogen-bond acceptors (Lipinski definition) is 5. The van der Waals surface area contributed by atoms with Gasteiger partial charge in [-0.2, -0.15) is 0 Å². The zero-order valence-electron chi connectivity index (χ0n) is 10.8. The number of nitrogens with one attached hydrogen (secondary N) is 1. The number of carbonyl (C=O) groups excluding carboxylic acids is 1. The number of nitrogens with two attached hydrogens (primary N) is 1. The molecular weight excluding hydrogens is 278 g/mol. The molecule has 1 aromatic heterocycles. The van der Waals surface area contributed by atoms with Crippen LogP contribution in [0.5, 0.6) is 0 Å². The third-order valence-corrected chi connectivity index (χ3v) is 4.70. The summed E-state index contributed by atoms with van der Waals surface area (Å²) < 4.78 is 2.09. The summed E-state index contributed by atoms with van der Waals surface area (Å²) in [5.74, 6) is 0.434. The minimum absolute atomic E-state index is 0.0323. The van der Waals surface area contributed by atoms with E-state index in [0.717, 1.165) is 21.0 Å². The molecular formula is C13H17N3OS2. The molecule has 3 N–H and O–H groups in total. The van der Waals surface area contributed by atoms with Crippen molar-refractivity contribution < 1.29 is 4.79 Å². The standard InChI is InChI=1S/C13H17N3OS2/c1-9(14)6-7-15-12(17)8-18-13-16-10-4-2-3-5-11(10)19-13/h2-5,9H,6-8,14H2,1H3,(H,15,17). The molecule has 0 bridgehead atoms. The zero-order chi connectivity index (χ0) is 13.7. The molecule has 0 fully saturated rings. The fraction of sp³-hybridized carbons (Fsp3) is 0.385. The summed E-state index contributed by atoms with van der Waals surface area (Å²) >= 11 is 3.10. The maximum absolute atomic E-state index is 11.6. The molecule has 2 rings (SSSR count). The number of para-hydroxylation sites is 1. The van der Waals surface area contributed by atoms with Crippen molar-refractivity contribution in [2.75, 3.05) is 12.3 Å². The van der Waals surface area contributed by atoms with Gasteiger partial charge < -0.3 is 11.1 Å². The van der Waals surface area contributed by atoms with Gasteiger partial charge in [-0.3, -0.25) is 4.79 Å². The highest BCUT2D eigenvalue weighted by atomic mass is 32.2. The maximum atomic E-state index is 11.6. The monoisotopic (exact) mass is 295 g/mol. The van der Waals surface area contributed by atoms with Crippen LogP contribution >= 0.6 is 23.1 Å². The SMILES string of the molecule is CC(N)CCNC(=O)CSc1nc2ccccc2s1. The Bertz CT molecular complexity index is 521. The van der Waals surface area contributed by atoms with Gasteiger partial charge >= 0.3 is 0 Å². The molecule has 1 heterocycles. The number of fused-ring (bicyclic) bond motifs is 1. The first-order valence-electron chi connectivity index (χ1n) is 6.16. The van der Waals surface area contributed by atoms with Gasteiger partial charge in [-0.1, -0.05) is 23.9 Å². The molecule has 0 saturated carbocycles. The Morgan fingerprint density at radius 1 is 1.53 bits per heavy atom. The van der Waals surface area contributed by atoms with Crippen molar-refractivity contribution >= 4 is 39.2 Å². The van der Waals surface area contributed by atoms with Crippen LogP contribution in [0.3, 0.4) is 0 Å². The van der Waals surface area contributed by atoms with Crippen LogP contribution in [0.2, 0.25) is 0 Å². The lowest BCUT2D eigenvalue weighted by Crippen LogP contribution is -2.30. The van der Waals surface area contributed by atoms with E-state index in [4.69, 9.17) is 5.73 Å². The third-order valence-electron chi connectivity index (χ3n) is 2.52. The maximum Gasteiger partial charge on any atom is 0.230 e. The Labute approximate surface area is 120 Å². The highest BCUT2D eigenvalue weighted by Gasteiger charge is 2.07. The van der Waals surface area contributed by atoms with E-state index >= 15 is 0 Å². The second kappa shape index (κ2) is 6.88. The zero-order valence-corrected chi connectivity index (χ0v) is 12.4. The van der Waals surface area contributed by atoms with Crippen molar-refractivity contribution in [2.45, 2.75) is 23.7 Å². The van der Waals surface area contributed by atoms with Crippen molar-refractivity contribution in [1.29, 1.82) is 0 Å². The highest BCUT2D eigenvalue weighted by Crippen LogP contribution is 2.28. The number of hydrogen-bond donors (Lipinski definition) is 2. The Morgan fingerprint density at radius 2 is 2.32 bits per heavy atom. The Hall–Kier alpha value is -1.11. The molecule has 1 atom stereocenters. The Morgan fingerprint density at radius 3 is 3.05 bits per heavy atom. The second-order valence-electron chi connectivity index (χ2n) is 4.35. The fourth-order valence-corrected chi connectivity index (χ4v) is 3.43. The number of rotatable bonds is 6. The van der Waals surface area contributed by atoms with Crippen LogP contribution in [0, 0.1) is 0 Å². The number of thiazole rings is 1. The predicted molar refractivity (Wildman–Crippen MR) is 81.6 cm³/mol. The quantitative estimate of drug-likeness (QED) is 0.802. The van der Waals surface area contributed by atoms with Gasteiger partial charge in [0.1, 0.15) is 0 Å². The van der Waals surface area contributed by atoms with Gasteiger partial charge in [0.05, 0.1) is 16.0 Å². The normalized spacial score (nSPS) is 12.5. The summed E-state index contributed by atoms with van der Waals surface area (Å²) in [4.78, 5) is 16.1. The van der Waals surface area contributed by atoms with E-state index in [1.807, 2.05) is 31.2 Å². The molecule has 0 spiro atoms. The van der Waals surface area contributed by atoms with Crippen LogP contribution in [-0.4, -0.2) is 29.2 Å². The first-order chi connectivity index (χ1) is 9.15. The minimum atomic E-state index is 0.0323. The predicted octanol–water partition coefficient (Wildman–Crippen LogP) is 2.24. The molecule has 0 aliphatic carbocycles. The number of aromatic nitrogens is 1. The van der Waals surface area contributed by atoms with E-state index in [2.05, 4.69) is 10.3 Å². The van der Waals surface area contributed by atoms with Crippen LogP contribution in [0.25, 0.3) is 10.2 Å². The second-order valence-corrected chi connectivity index (χ2v) is 6.61. The van der Waals surface area contributed by atoms with Crippen LogP contribution in [-0.2, 0) is 4.79 Å². The van der Waals surface area contributed by atoms with Gasteiger partial charge in [0.2, 0.25) is 5.91 Å². The number of amides is 1. The smallest absolute Gasteiger partial charge is 0.230 e. The lowest BCUT2D eigenvalue weighted by molar-refractivity contribution is -0.118. The van der Waals surface area contributed by atoms with Crippen molar-refractivity contribution in [3.63, 3.8) is 0 Å². The molecule has 1 unspecified atom stereocenters. The summed E-state index contributed by atoms with van der Waals surface area (Å²) in [5, 5.41) is 2.86. The Balaban J connectivity index is 1.80. The first kappa shape index (κ1) is 14.3. The van der Waals surface area contributed by atoms with E-state index in [-0.39, 0.29) is 11.9 Å². The number of carbonyl (C=O) groups is 1. The summed E-state index contributed by atoms with van der Waals surface area (Å²) in [6.45, 7) is 2.57. The number of nitrogens with zero attached hydrogens (tertiary/aromatic N) is 1. The van der Waals surface area contributed by atoms with Crippen molar-refractivity contribution in [1.82, 2.24) is 10.3 Å². The lowest BCUT2D eigenvalue weighted by atomic mass is 10.2. The third kappa shape index (κ3) is 4.49. The van der Waals surface area contributed by atoms with Crippen LogP contribution < -0.4 is 11.1 Å². The number of thioether (sulfide) groups is 1. The van der Waals surface area contributed by atoms with Gasteiger partial charge in [-0.15, -0.1) is 11.3 Å². The Kier molecular flexibility index (Phi) is 5.18. The molecule has 1 amide bonds. The van der Waals surface area contributed by atoms with E-state index in [1.165, 1.54) is 11.8 Å². The molecule has 19 heavy (non-hydrogen) atoms. The highest BCUT2D eigenvalue weighted by molar-refractivity contribution is 8.01. The molecule has 2 aromatic rings. The lowest BCUT2D eigenvalue weighted by Gasteiger charge is -2.06. The van der Waals surface area contributed by atoms with E-state index in [0.29, 0.717) is 12.3 Å². The first-order valence-corrected chi connectivity index (χ1v) is 7.96. The van der Waals surface area contributed by atoms with Crippen LogP contribution in [0.1, 0.15) is 13.3 Å². The van der Waals surface area contributed by atoms with Crippen LogP contribution in [0.15, 0.2) is 28.6 Å². The summed E-state index contributed by atoms with van der Waals surface area (Å²) in [5.41, 5.74) is 6.61. The average Bonchev–Trinajstić information content (AvgIpc) is 2.78. The van der Waals surface area contributed by atoms with Crippen LogP contribution in [0.4, 0.5) is 0 Å². The minimum Gasteiger partial charge on any atom is -0.355 e. The topological polar surface area (TPSA) is 68.0 Å². The van der Waals surface area contributed by atoms with Gasteiger partial charge in [-0.25, -0.2) is 4.98 Å². The molecule has 0 aliphatic heterocycles. The summed E-state index contributed by atoms with van der Waals surface area (Å²) in [6.07, 6.45) is 0.803. The van der Waals surface area contributed by atoms with Crippen molar-refractivity contribution in [2.24, 2.45) is 5.73 Å². The largest absolute Gasteiger partial charge is 0.355 e. The molecule has 4 nitrogen and oxygen atoms in total. The molecule has 0 radical (unpaired) electrons. The van der Waals surface area contributed by atoms with Crippen molar-refractivity contribution in [3.8, 4) is 0 Å². The van der Waals surface area contributed by atoms with E-state index < -0.39 is 0 Å². The fourth-order valence-electron chi connectivity index (χ4n) is 1.53. The van der Waals surface area contributed by atoms with E-state index in [1.54, 1.807) is 11.3 Å². The van der Waals surface area contributed by atoms with Gasteiger partial charge in [0.15, 0.2) is 4.34 Å². The molecule has 102 valence electrons.